The molecule has 46 heavy (non-hydrogen) atoms. The summed E-state index contributed by atoms with van der Waals surface area (Å²) in [6.07, 6.45) is 5.71. The first-order valence-corrected chi connectivity index (χ1v) is 15.7. The van der Waals surface area contributed by atoms with E-state index in [1.807, 2.05) is 81.4 Å². The lowest BCUT2D eigenvalue weighted by Crippen LogP contribution is -2.58. The quantitative estimate of drug-likeness (QED) is 0.185. The Morgan fingerprint density at radius 1 is 1.04 bits per heavy atom. The van der Waals surface area contributed by atoms with Crippen molar-refractivity contribution < 1.29 is 18.8 Å². The minimum atomic E-state index is -0.350. The summed E-state index contributed by atoms with van der Waals surface area (Å²) in [5.74, 6) is 0.276. The Morgan fingerprint density at radius 3 is 2.54 bits per heavy atom. The number of nitrogens with zero attached hydrogens (tertiary/aromatic N) is 5. The van der Waals surface area contributed by atoms with Gasteiger partial charge in [0.1, 0.15) is 0 Å². The normalized spacial score (nSPS) is 15.0. The van der Waals surface area contributed by atoms with Crippen LogP contribution in [0.25, 0.3) is 11.3 Å². The lowest BCUT2D eigenvalue weighted by molar-refractivity contribution is -0.929. The number of hydrogen-bond acceptors (Lipinski definition) is 8. The minimum absolute atomic E-state index is 0.105. The van der Waals surface area contributed by atoms with E-state index in [4.69, 9.17) is 4.74 Å². The highest BCUT2D eigenvalue weighted by Gasteiger charge is 2.30. The van der Waals surface area contributed by atoms with Gasteiger partial charge in [-0.15, -0.1) is 0 Å². The molecule has 0 saturated carbocycles. The van der Waals surface area contributed by atoms with Crippen LogP contribution in [0.1, 0.15) is 41.8 Å². The molecule has 2 aromatic carbocycles. The topological polar surface area (TPSA) is 121 Å². The van der Waals surface area contributed by atoms with Gasteiger partial charge in [0.05, 0.1) is 25.8 Å². The molecule has 1 aliphatic heterocycles. The number of benzene rings is 2. The largest absolute Gasteiger partial charge is 0.411 e. The molecule has 2 aromatic heterocycles. The van der Waals surface area contributed by atoms with Gasteiger partial charge in [-0.25, -0.2) is 14.8 Å². The van der Waals surface area contributed by atoms with Crippen LogP contribution in [0.4, 0.5) is 22.1 Å². The molecule has 0 bridgehead atoms. The summed E-state index contributed by atoms with van der Waals surface area (Å²) >= 11 is 0. The van der Waals surface area contributed by atoms with Crippen molar-refractivity contribution in [2.75, 3.05) is 50.6 Å². The molecule has 2 amide bonds. The van der Waals surface area contributed by atoms with Gasteiger partial charge in [0, 0.05) is 66.8 Å². The number of aryl methyl sites for hydroxylation is 1. The predicted molar refractivity (Wildman–Crippen MR) is 180 cm³/mol. The van der Waals surface area contributed by atoms with Gasteiger partial charge in [-0.3, -0.25) is 19.2 Å². The highest BCUT2D eigenvalue weighted by molar-refractivity contribution is 6.04. The second kappa shape index (κ2) is 14.9. The van der Waals surface area contributed by atoms with Crippen LogP contribution >= 0.6 is 0 Å². The van der Waals surface area contributed by atoms with Gasteiger partial charge >= 0.3 is 6.09 Å². The predicted octanol–water partition coefficient (Wildman–Crippen LogP) is 5.59. The molecule has 1 aliphatic rings. The van der Waals surface area contributed by atoms with E-state index in [9.17, 15) is 9.59 Å². The number of amides is 2. The van der Waals surface area contributed by atoms with E-state index in [1.165, 1.54) is 0 Å². The molecule has 3 heterocycles. The molecule has 4 aromatic rings. The van der Waals surface area contributed by atoms with Crippen LogP contribution in [0.5, 0.6) is 0 Å². The van der Waals surface area contributed by atoms with Crippen LogP contribution < -0.4 is 16.0 Å². The Labute approximate surface area is 270 Å². The maximum Gasteiger partial charge on any atom is 0.411 e. The number of pyridine rings is 1. The van der Waals surface area contributed by atoms with E-state index in [1.54, 1.807) is 18.6 Å². The number of carbonyl (C=O) groups excluding carboxylic acids is 2. The Bertz CT molecular complexity index is 1620. The van der Waals surface area contributed by atoms with Crippen molar-refractivity contribution in [3.05, 3.63) is 95.9 Å². The van der Waals surface area contributed by atoms with E-state index < -0.39 is 0 Å². The fourth-order valence-corrected chi connectivity index (χ4v) is 5.11. The summed E-state index contributed by atoms with van der Waals surface area (Å²) in [5.41, 5.74) is 5.86. The third-order valence-corrected chi connectivity index (χ3v) is 8.37. The molecule has 1 fully saturated rings. The second-order valence-electron chi connectivity index (χ2n) is 12.2. The molecule has 0 aliphatic carbocycles. The summed E-state index contributed by atoms with van der Waals surface area (Å²) in [7, 11) is 2.13. The molecular formula is C35H43N8O3+. The Kier molecular flexibility index (Phi) is 10.6. The SMILES string of the molecule is CC[C@@H](C)NC(=O)OC[N+]1(C)CCN(Cc2ccc(C(=O)Nc3ccc(C)c(Nc4nccc(-c5cccnc5)n4)c3)cc2)CC1. The number of carbonyl (C=O) groups is 2. The van der Waals surface area contributed by atoms with Crippen molar-refractivity contribution in [1.29, 1.82) is 0 Å². The molecule has 0 radical (unpaired) electrons. The molecule has 3 N–H and O–H groups in total. The Hall–Kier alpha value is -4.87. The molecule has 1 atom stereocenters. The van der Waals surface area contributed by atoms with Crippen LogP contribution in [0.3, 0.4) is 0 Å². The van der Waals surface area contributed by atoms with Gasteiger partial charge < -0.3 is 20.7 Å². The van der Waals surface area contributed by atoms with E-state index in [-0.39, 0.29) is 18.0 Å². The summed E-state index contributed by atoms with van der Waals surface area (Å²) in [6.45, 7) is 10.7. The fourth-order valence-electron chi connectivity index (χ4n) is 5.11. The second-order valence-corrected chi connectivity index (χ2v) is 12.2. The van der Waals surface area contributed by atoms with Crippen molar-refractivity contribution in [3.8, 4) is 11.3 Å². The number of alkyl carbamates (subject to hydrolysis) is 1. The highest BCUT2D eigenvalue weighted by Crippen LogP contribution is 2.25. The molecule has 0 unspecified atom stereocenters. The summed E-state index contributed by atoms with van der Waals surface area (Å²) < 4.78 is 6.20. The number of likely N-dealkylation sites (N-methyl/N-ethyl adjacent to an activating group) is 1. The summed E-state index contributed by atoms with van der Waals surface area (Å²) in [6, 6.07) is 19.2. The smallest absolute Gasteiger partial charge is 0.399 e. The molecule has 1 saturated heterocycles. The Morgan fingerprint density at radius 2 is 1.83 bits per heavy atom. The average Bonchev–Trinajstić information content (AvgIpc) is 3.07. The number of quaternary nitrogens is 1. The number of piperazine rings is 1. The molecular weight excluding hydrogens is 580 g/mol. The number of aromatic nitrogens is 3. The summed E-state index contributed by atoms with van der Waals surface area (Å²) in [5, 5.41) is 9.15. The summed E-state index contributed by atoms with van der Waals surface area (Å²) in [4.78, 5) is 40.7. The van der Waals surface area contributed by atoms with Crippen LogP contribution in [0.15, 0.2) is 79.3 Å². The number of anilines is 3. The van der Waals surface area contributed by atoms with Crippen molar-refractivity contribution in [1.82, 2.24) is 25.2 Å². The molecule has 5 rings (SSSR count). The third-order valence-electron chi connectivity index (χ3n) is 8.37. The number of nitrogens with one attached hydrogen (secondary N) is 3. The average molecular weight is 624 g/mol. The van der Waals surface area contributed by atoms with E-state index in [0.29, 0.717) is 28.4 Å². The van der Waals surface area contributed by atoms with E-state index >= 15 is 0 Å². The van der Waals surface area contributed by atoms with Gasteiger partial charge in [0.25, 0.3) is 5.91 Å². The van der Waals surface area contributed by atoms with Gasteiger partial charge in [-0.05, 0) is 73.9 Å². The van der Waals surface area contributed by atoms with E-state index in [2.05, 4.69) is 42.8 Å². The van der Waals surface area contributed by atoms with Crippen molar-refractivity contribution in [3.63, 3.8) is 0 Å². The molecule has 11 heteroatoms. The van der Waals surface area contributed by atoms with Gasteiger partial charge in [-0.1, -0.05) is 25.1 Å². The molecule has 11 nitrogen and oxygen atoms in total. The van der Waals surface area contributed by atoms with E-state index in [0.717, 1.165) is 67.2 Å². The van der Waals surface area contributed by atoms with Crippen LogP contribution in [-0.2, 0) is 11.3 Å². The van der Waals surface area contributed by atoms with Crippen molar-refractivity contribution in [2.45, 2.75) is 39.8 Å². The van der Waals surface area contributed by atoms with Gasteiger partial charge in [0.2, 0.25) is 12.7 Å². The lowest BCUT2D eigenvalue weighted by atomic mass is 10.1. The number of hydrogen-bond donors (Lipinski definition) is 3. The zero-order valence-electron chi connectivity index (χ0n) is 27.0. The Balaban J connectivity index is 1.12. The number of rotatable bonds is 11. The maximum atomic E-state index is 13.1. The number of ether oxygens (including phenoxy) is 1. The first-order valence-electron chi connectivity index (χ1n) is 15.7. The highest BCUT2D eigenvalue weighted by atomic mass is 16.6. The van der Waals surface area contributed by atoms with Gasteiger partial charge in [0.15, 0.2) is 0 Å². The minimum Gasteiger partial charge on any atom is -0.399 e. The zero-order valence-corrected chi connectivity index (χ0v) is 27.0. The standard InChI is InChI=1S/C35H42N8O3/c1-5-26(3)38-35(45)46-24-43(4)19-17-42(18-20-43)23-27-9-11-28(12-10-27)33(44)39-30-13-8-25(2)32(21-30)41-34-37-16-14-31(40-34)29-7-6-15-36-22-29/h6-16,21-22,26H,5,17-20,23-24H2,1-4H3,(H2-,37,38,39,40,41,44,45)/p+1/t26-/m1/s1. The lowest BCUT2D eigenvalue weighted by Gasteiger charge is -2.41. The van der Waals surface area contributed by atoms with Crippen LogP contribution in [0.2, 0.25) is 0 Å². The monoisotopic (exact) mass is 623 g/mol. The molecule has 0 spiro atoms. The third kappa shape index (κ3) is 8.86. The maximum absolute atomic E-state index is 13.1. The van der Waals surface area contributed by atoms with Crippen molar-refractivity contribution in [2.24, 2.45) is 0 Å². The first kappa shape index (κ1) is 32.5. The first-order chi connectivity index (χ1) is 22.2. The van der Waals surface area contributed by atoms with Crippen LogP contribution in [0, 0.1) is 6.92 Å². The zero-order chi connectivity index (χ0) is 32.5. The fraction of sp³-hybridized carbons (Fsp3) is 0.343. The van der Waals surface area contributed by atoms with Crippen molar-refractivity contribution >= 4 is 29.3 Å². The molecule has 240 valence electrons. The van der Waals surface area contributed by atoms with Crippen LogP contribution in [-0.4, -0.2) is 82.3 Å². The van der Waals surface area contributed by atoms with Gasteiger partial charge in [-0.2, -0.15) is 0 Å².